The molecule has 1 atom stereocenters. The Labute approximate surface area is 171 Å². The van der Waals surface area contributed by atoms with Crippen LogP contribution in [-0.2, 0) is 38.8 Å². The molecule has 0 radical (unpaired) electrons. The molecule has 0 bridgehead atoms. The van der Waals surface area contributed by atoms with Crippen LogP contribution in [0.5, 0.6) is 0 Å². The van der Waals surface area contributed by atoms with Crippen molar-refractivity contribution in [1.29, 1.82) is 0 Å². The Bertz CT molecular complexity index is 941. The Hall–Kier alpha value is -1.89. The predicted octanol–water partition coefficient (Wildman–Crippen LogP) is 3.53. The summed E-state index contributed by atoms with van der Waals surface area (Å²) >= 11 is 5.82. The van der Waals surface area contributed by atoms with Crippen LogP contribution in [0.2, 0.25) is 5.02 Å². The third kappa shape index (κ3) is 5.34. The summed E-state index contributed by atoms with van der Waals surface area (Å²) in [5, 5.41) is 0.504. The van der Waals surface area contributed by atoms with Gasteiger partial charge in [0.2, 0.25) is 10.0 Å². The minimum absolute atomic E-state index is 0.183. The summed E-state index contributed by atoms with van der Waals surface area (Å²) in [5.41, 5.74) is 3.59. The number of nitrogens with one attached hydrogen (secondary N) is 1. The summed E-state index contributed by atoms with van der Waals surface area (Å²) < 4.78 is 32.5. The first-order valence-electron chi connectivity index (χ1n) is 9.39. The lowest BCUT2D eigenvalue weighted by atomic mass is 10.0. The molecule has 0 fully saturated rings. The summed E-state index contributed by atoms with van der Waals surface area (Å²) in [5.74, 6) is 0.0369. The number of ether oxygens (including phenoxy) is 1. The molecule has 0 saturated heterocycles. The molecule has 3 rings (SSSR count). The summed E-state index contributed by atoms with van der Waals surface area (Å²) in [4.78, 5) is 11.7. The Morgan fingerprint density at radius 2 is 1.86 bits per heavy atom. The molecule has 1 aliphatic carbocycles. The van der Waals surface area contributed by atoms with Crippen LogP contribution in [0.15, 0.2) is 47.4 Å². The maximum Gasteiger partial charge on any atom is 0.306 e. The van der Waals surface area contributed by atoms with E-state index in [1.165, 1.54) is 23.3 Å². The van der Waals surface area contributed by atoms with Gasteiger partial charge in [0.15, 0.2) is 0 Å². The highest BCUT2D eigenvalue weighted by Crippen LogP contribution is 2.28. The number of esters is 1. The molecule has 0 aliphatic heterocycles. The number of aryl methyl sites for hydroxylation is 1. The van der Waals surface area contributed by atoms with Crippen LogP contribution in [0, 0.1) is 5.92 Å². The van der Waals surface area contributed by atoms with E-state index in [0.29, 0.717) is 31.0 Å². The summed E-state index contributed by atoms with van der Waals surface area (Å²) in [6.07, 6.45) is 2.69. The molecule has 1 unspecified atom stereocenters. The lowest BCUT2D eigenvalue weighted by molar-refractivity contribution is -0.143. The number of hydrogen-bond acceptors (Lipinski definition) is 4. The zero-order valence-electron chi connectivity index (χ0n) is 15.8. The normalized spacial score (nSPS) is 16.0. The van der Waals surface area contributed by atoms with E-state index >= 15 is 0 Å². The van der Waals surface area contributed by atoms with E-state index in [-0.39, 0.29) is 16.8 Å². The molecule has 2 aromatic carbocycles. The number of rotatable bonds is 8. The first kappa shape index (κ1) is 20.8. The highest BCUT2D eigenvalue weighted by molar-refractivity contribution is 7.89. The Morgan fingerprint density at radius 1 is 1.14 bits per heavy atom. The van der Waals surface area contributed by atoms with Crippen molar-refractivity contribution in [2.24, 2.45) is 5.92 Å². The SMILES string of the molecule is CCOC(=O)CCc1ccc2c(c1)CC(CNS(=O)(=O)c1ccc(Cl)cc1)C2. The van der Waals surface area contributed by atoms with E-state index in [0.717, 1.165) is 18.4 Å². The average molecular weight is 422 g/mol. The molecule has 0 spiro atoms. The first-order chi connectivity index (χ1) is 13.4. The van der Waals surface area contributed by atoms with Crippen molar-refractivity contribution < 1.29 is 17.9 Å². The van der Waals surface area contributed by atoms with E-state index in [9.17, 15) is 13.2 Å². The molecule has 0 amide bonds. The monoisotopic (exact) mass is 421 g/mol. The van der Waals surface area contributed by atoms with Gasteiger partial charge in [0, 0.05) is 18.0 Å². The summed E-state index contributed by atoms with van der Waals surface area (Å²) in [7, 11) is -3.54. The van der Waals surface area contributed by atoms with Gasteiger partial charge in [-0.05, 0) is 73.1 Å². The van der Waals surface area contributed by atoms with Gasteiger partial charge in [-0.25, -0.2) is 13.1 Å². The highest BCUT2D eigenvalue weighted by Gasteiger charge is 2.24. The minimum atomic E-state index is -3.54. The standard InChI is InChI=1S/C21H24ClNO4S/c1-2-27-21(24)10-4-15-3-5-17-12-16(13-18(17)11-15)14-23-28(25,26)20-8-6-19(22)7-9-20/h3,5-9,11,16,23H,2,4,10,12-14H2,1H3. The van der Waals surface area contributed by atoms with Crippen molar-refractivity contribution >= 4 is 27.6 Å². The molecule has 0 aromatic heterocycles. The van der Waals surface area contributed by atoms with Gasteiger partial charge in [0.05, 0.1) is 11.5 Å². The quantitative estimate of drug-likeness (QED) is 0.662. The Kier molecular flexibility index (Phi) is 6.75. The number of carbonyl (C=O) groups is 1. The molecule has 2 aromatic rings. The average Bonchev–Trinajstić information content (AvgIpc) is 3.08. The molecular formula is C21H24ClNO4S. The number of fused-ring (bicyclic) bond motifs is 1. The van der Waals surface area contributed by atoms with E-state index in [2.05, 4.69) is 16.9 Å². The fourth-order valence-corrected chi connectivity index (χ4v) is 4.71. The van der Waals surface area contributed by atoms with Crippen molar-refractivity contribution in [3.05, 3.63) is 64.2 Å². The van der Waals surface area contributed by atoms with E-state index in [4.69, 9.17) is 16.3 Å². The third-order valence-corrected chi connectivity index (χ3v) is 6.59. The molecule has 1 aliphatic rings. The Balaban J connectivity index is 1.56. The zero-order chi connectivity index (χ0) is 20.1. The maximum absolute atomic E-state index is 12.4. The number of sulfonamides is 1. The smallest absolute Gasteiger partial charge is 0.306 e. The van der Waals surface area contributed by atoms with Gasteiger partial charge in [-0.2, -0.15) is 0 Å². The van der Waals surface area contributed by atoms with Crippen molar-refractivity contribution in [1.82, 2.24) is 4.72 Å². The van der Waals surface area contributed by atoms with Crippen LogP contribution in [0.1, 0.15) is 30.0 Å². The van der Waals surface area contributed by atoms with Crippen molar-refractivity contribution in [3.63, 3.8) is 0 Å². The van der Waals surface area contributed by atoms with Gasteiger partial charge in [-0.1, -0.05) is 29.8 Å². The fourth-order valence-electron chi connectivity index (χ4n) is 3.47. The second-order valence-electron chi connectivity index (χ2n) is 6.99. The van der Waals surface area contributed by atoms with Gasteiger partial charge in [0.1, 0.15) is 0 Å². The topological polar surface area (TPSA) is 72.5 Å². The maximum atomic E-state index is 12.4. The fraction of sp³-hybridized carbons (Fsp3) is 0.381. The lowest BCUT2D eigenvalue weighted by Crippen LogP contribution is -2.29. The van der Waals surface area contributed by atoms with Gasteiger partial charge in [-0.15, -0.1) is 0 Å². The van der Waals surface area contributed by atoms with Crippen molar-refractivity contribution in [2.75, 3.05) is 13.2 Å². The molecule has 28 heavy (non-hydrogen) atoms. The predicted molar refractivity (Wildman–Crippen MR) is 109 cm³/mol. The van der Waals surface area contributed by atoms with Crippen LogP contribution in [0.3, 0.4) is 0 Å². The van der Waals surface area contributed by atoms with Crippen LogP contribution in [0.4, 0.5) is 0 Å². The summed E-state index contributed by atoms with van der Waals surface area (Å²) in [6.45, 7) is 2.59. The highest BCUT2D eigenvalue weighted by atomic mass is 35.5. The molecule has 7 heteroatoms. The molecule has 5 nitrogen and oxygen atoms in total. The second kappa shape index (κ2) is 9.07. The van der Waals surface area contributed by atoms with Gasteiger partial charge >= 0.3 is 5.97 Å². The van der Waals surface area contributed by atoms with Gasteiger partial charge in [-0.3, -0.25) is 4.79 Å². The molecule has 0 saturated carbocycles. The van der Waals surface area contributed by atoms with Crippen molar-refractivity contribution in [3.8, 4) is 0 Å². The molecular weight excluding hydrogens is 398 g/mol. The summed E-state index contributed by atoms with van der Waals surface area (Å²) in [6, 6.07) is 12.4. The number of hydrogen-bond donors (Lipinski definition) is 1. The van der Waals surface area contributed by atoms with Gasteiger partial charge < -0.3 is 4.74 Å². The van der Waals surface area contributed by atoms with Crippen LogP contribution in [-0.4, -0.2) is 27.5 Å². The minimum Gasteiger partial charge on any atom is -0.466 e. The molecule has 0 heterocycles. The van der Waals surface area contributed by atoms with Crippen LogP contribution < -0.4 is 4.72 Å². The number of carbonyl (C=O) groups excluding carboxylic acids is 1. The lowest BCUT2D eigenvalue weighted by Gasteiger charge is -2.11. The first-order valence-corrected chi connectivity index (χ1v) is 11.2. The van der Waals surface area contributed by atoms with Crippen LogP contribution >= 0.6 is 11.6 Å². The van der Waals surface area contributed by atoms with Crippen molar-refractivity contribution in [2.45, 2.75) is 37.5 Å². The largest absolute Gasteiger partial charge is 0.466 e. The molecule has 150 valence electrons. The second-order valence-corrected chi connectivity index (χ2v) is 9.19. The number of halogens is 1. The Morgan fingerprint density at radius 3 is 2.57 bits per heavy atom. The van der Waals surface area contributed by atoms with E-state index < -0.39 is 10.0 Å². The molecule has 1 N–H and O–H groups in total. The van der Waals surface area contributed by atoms with E-state index in [1.807, 2.05) is 6.07 Å². The van der Waals surface area contributed by atoms with Gasteiger partial charge in [0.25, 0.3) is 0 Å². The van der Waals surface area contributed by atoms with E-state index in [1.54, 1.807) is 19.1 Å². The number of benzene rings is 2. The zero-order valence-corrected chi connectivity index (χ0v) is 17.4. The third-order valence-electron chi connectivity index (χ3n) is 4.90. The van der Waals surface area contributed by atoms with Crippen LogP contribution in [0.25, 0.3) is 0 Å².